The van der Waals surface area contributed by atoms with Crippen LogP contribution < -0.4 is 9.80 Å². The fourth-order valence-corrected chi connectivity index (χ4v) is 10.4. The van der Waals surface area contributed by atoms with E-state index in [-0.39, 0.29) is 0 Å². The molecule has 4 heteroatoms. The van der Waals surface area contributed by atoms with Gasteiger partial charge in [-0.3, -0.25) is 0 Å². The number of benzene rings is 9. The Hall–Kier alpha value is -6.46. The quantitative estimate of drug-likeness (QED) is 0.124. The van der Waals surface area contributed by atoms with Crippen LogP contribution in [0.25, 0.3) is 61.9 Å². The molecule has 0 aliphatic carbocycles. The summed E-state index contributed by atoms with van der Waals surface area (Å²) in [5.74, 6) is 0. The average molecular weight is 725 g/mol. The molecule has 2 nitrogen and oxygen atoms in total. The molecule has 54 heavy (non-hydrogen) atoms. The van der Waals surface area contributed by atoms with Crippen molar-refractivity contribution in [3.05, 3.63) is 194 Å². The zero-order valence-corrected chi connectivity index (χ0v) is 30.8. The first-order valence-corrected chi connectivity index (χ1v) is 19.9. The van der Waals surface area contributed by atoms with Gasteiger partial charge in [-0.2, -0.15) is 0 Å². The molecule has 0 fully saturated rings. The summed E-state index contributed by atoms with van der Waals surface area (Å²) in [6, 6.07) is 71.0. The number of rotatable bonds is 6. The summed E-state index contributed by atoms with van der Waals surface area (Å²) >= 11 is 3.72. The lowest BCUT2D eigenvalue weighted by Crippen LogP contribution is -2.14. The van der Waals surface area contributed by atoms with Crippen LogP contribution in [-0.4, -0.2) is 0 Å². The molecule has 0 saturated heterocycles. The fraction of sp³-hybridized carbons (Fsp3) is 0. The van der Waals surface area contributed by atoms with E-state index in [2.05, 4.69) is 204 Å². The van der Waals surface area contributed by atoms with E-state index in [4.69, 9.17) is 0 Å². The highest BCUT2D eigenvalue weighted by molar-refractivity contribution is 7.26. The molecule has 11 rings (SSSR count). The second-order valence-corrected chi connectivity index (χ2v) is 15.9. The Morgan fingerprint density at radius 2 is 0.556 bits per heavy atom. The van der Waals surface area contributed by atoms with Crippen LogP contribution in [0.15, 0.2) is 194 Å². The molecule has 0 saturated carbocycles. The molecule has 0 aliphatic rings. The summed E-state index contributed by atoms with van der Waals surface area (Å²) in [7, 11) is 0. The van der Waals surface area contributed by atoms with Crippen LogP contribution in [0.4, 0.5) is 34.1 Å². The van der Waals surface area contributed by atoms with Gasteiger partial charge in [0.1, 0.15) is 0 Å². The van der Waals surface area contributed by atoms with E-state index in [1.54, 1.807) is 0 Å². The van der Waals surface area contributed by atoms with E-state index in [1.165, 1.54) is 73.3 Å². The zero-order valence-electron chi connectivity index (χ0n) is 29.2. The molecular weight excluding hydrogens is 693 g/mol. The first kappa shape index (κ1) is 31.1. The van der Waals surface area contributed by atoms with Crippen LogP contribution in [0.1, 0.15) is 0 Å². The lowest BCUT2D eigenvalue weighted by atomic mass is 9.95. The maximum Gasteiger partial charge on any atom is 0.0619 e. The Kier molecular flexibility index (Phi) is 7.25. The Bertz CT molecular complexity index is 2910. The lowest BCUT2D eigenvalue weighted by Gasteiger charge is -2.33. The molecule has 0 N–H and O–H groups in total. The summed E-state index contributed by atoms with van der Waals surface area (Å²) in [4.78, 5) is 4.94. The maximum atomic E-state index is 2.47. The summed E-state index contributed by atoms with van der Waals surface area (Å²) in [6.07, 6.45) is 0. The van der Waals surface area contributed by atoms with Gasteiger partial charge in [-0.05, 0) is 72.8 Å². The predicted octanol–water partition coefficient (Wildman–Crippen LogP) is 15.7. The molecule has 11 aromatic rings. The van der Waals surface area contributed by atoms with E-state index >= 15 is 0 Å². The van der Waals surface area contributed by atoms with Crippen LogP contribution in [0.5, 0.6) is 0 Å². The van der Waals surface area contributed by atoms with Crippen molar-refractivity contribution in [1.29, 1.82) is 0 Å². The number of nitrogens with zero attached hydrogens (tertiary/aromatic N) is 2. The molecule has 2 heterocycles. The minimum atomic E-state index is 1.12. The van der Waals surface area contributed by atoms with Gasteiger partial charge in [-0.25, -0.2) is 0 Å². The normalized spacial score (nSPS) is 11.7. The minimum Gasteiger partial charge on any atom is -0.309 e. The van der Waals surface area contributed by atoms with Gasteiger partial charge >= 0.3 is 0 Å². The highest BCUT2D eigenvalue weighted by Crippen LogP contribution is 2.52. The highest BCUT2D eigenvalue weighted by atomic mass is 32.1. The monoisotopic (exact) mass is 724 g/mol. The number of fused-ring (bicyclic) bond motifs is 8. The Morgan fingerprint density at radius 3 is 0.944 bits per heavy atom. The Labute approximate surface area is 321 Å². The van der Waals surface area contributed by atoms with Crippen molar-refractivity contribution in [2.75, 3.05) is 9.80 Å². The molecule has 0 amide bonds. The van der Waals surface area contributed by atoms with Crippen molar-refractivity contribution in [3.63, 3.8) is 0 Å². The van der Waals surface area contributed by atoms with Crippen LogP contribution in [0, 0.1) is 0 Å². The topological polar surface area (TPSA) is 6.48 Å². The molecule has 254 valence electrons. The summed E-state index contributed by atoms with van der Waals surface area (Å²) in [5, 5.41) is 9.91. The number of anilines is 6. The van der Waals surface area contributed by atoms with Crippen LogP contribution in [0.2, 0.25) is 0 Å². The van der Waals surface area contributed by atoms with Crippen molar-refractivity contribution >= 4 is 119 Å². The minimum absolute atomic E-state index is 1.12. The van der Waals surface area contributed by atoms with Gasteiger partial charge in [-0.15, -0.1) is 22.7 Å². The summed E-state index contributed by atoms with van der Waals surface area (Å²) in [5.41, 5.74) is 6.85. The van der Waals surface area contributed by atoms with Crippen molar-refractivity contribution in [2.45, 2.75) is 0 Å². The van der Waals surface area contributed by atoms with E-state index in [1.807, 2.05) is 22.7 Å². The van der Waals surface area contributed by atoms with Crippen LogP contribution >= 0.6 is 22.7 Å². The first-order valence-electron chi connectivity index (χ1n) is 18.3. The molecular formula is C50H32N2S2. The molecule has 0 radical (unpaired) electrons. The van der Waals surface area contributed by atoms with Gasteiger partial charge in [0.25, 0.3) is 0 Å². The maximum absolute atomic E-state index is 2.47. The van der Waals surface area contributed by atoms with Gasteiger partial charge < -0.3 is 9.80 Å². The third-order valence-electron chi connectivity index (χ3n) is 10.6. The largest absolute Gasteiger partial charge is 0.309 e. The standard InChI is InChI=1S/C50H32N2S2/c1-3-15-33(16-4-1)51(35-27-29-47-43(31-35)37-19-11-13-25-45(37)53-47)49-39-21-7-9-23-41(39)50(42-24-10-8-22-40(42)49)52(34-17-5-2-6-18-34)36-28-30-48-44(32-36)38-20-12-14-26-46(38)54-48/h1-32H. The van der Waals surface area contributed by atoms with Gasteiger partial charge in [-0.1, -0.05) is 121 Å². The highest BCUT2D eigenvalue weighted by Gasteiger charge is 2.26. The Morgan fingerprint density at radius 1 is 0.241 bits per heavy atom. The van der Waals surface area contributed by atoms with Crippen LogP contribution in [-0.2, 0) is 0 Å². The van der Waals surface area contributed by atoms with Gasteiger partial charge in [0, 0.05) is 84.6 Å². The van der Waals surface area contributed by atoms with Gasteiger partial charge in [0.15, 0.2) is 0 Å². The van der Waals surface area contributed by atoms with E-state index < -0.39 is 0 Å². The van der Waals surface area contributed by atoms with Crippen LogP contribution in [0.3, 0.4) is 0 Å². The second kappa shape index (κ2) is 12.6. The molecule has 0 bridgehead atoms. The molecule has 0 spiro atoms. The number of hydrogen-bond donors (Lipinski definition) is 0. The molecule has 0 aliphatic heterocycles. The van der Waals surface area contributed by atoms with Gasteiger partial charge in [0.2, 0.25) is 0 Å². The number of hydrogen-bond acceptors (Lipinski definition) is 4. The predicted molar refractivity (Wildman–Crippen MR) is 237 cm³/mol. The molecule has 2 aromatic heterocycles. The third-order valence-corrected chi connectivity index (χ3v) is 12.9. The van der Waals surface area contributed by atoms with E-state index in [0.29, 0.717) is 0 Å². The van der Waals surface area contributed by atoms with E-state index in [9.17, 15) is 0 Å². The first-order chi connectivity index (χ1) is 26.8. The Balaban J connectivity index is 1.23. The summed E-state index contributed by atoms with van der Waals surface area (Å²) < 4.78 is 5.22. The zero-order chi connectivity index (χ0) is 35.6. The van der Waals surface area contributed by atoms with Crippen molar-refractivity contribution in [2.24, 2.45) is 0 Å². The molecule has 0 unspecified atom stereocenters. The summed E-state index contributed by atoms with van der Waals surface area (Å²) in [6.45, 7) is 0. The molecule has 9 aromatic carbocycles. The van der Waals surface area contributed by atoms with Crippen molar-refractivity contribution in [3.8, 4) is 0 Å². The number of para-hydroxylation sites is 2. The number of thiophene rings is 2. The fourth-order valence-electron chi connectivity index (χ4n) is 8.24. The third kappa shape index (κ3) is 4.92. The molecule has 0 atom stereocenters. The van der Waals surface area contributed by atoms with Gasteiger partial charge in [0.05, 0.1) is 11.4 Å². The SMILES string of the molecule is c1ccc(N(c2ccc3sc4ccccc4c3c2)c2c3ccccc3c(N(c3ccccc3)c3ccc4sc5ccccc5c4c3)c3ccccc23)cc1. The lowest BCUT2D eigenvalue weighted by molar-refractivity contribution is 1.30. The second-order valence-electron chi connectivity index (χ2n) is 13.7. The van der Waals surface area contributed by atoms with Crippen molar-refractivity contribution in [1.82, 2.24) is 0 Å². The van der Waals surface area contributed by atoms with Crippen molar-refractivity contribution < 1.29 is 0 Å². The average Bonchev–Trinajstić information content (AvgIpc) is 3.80. The smallest absolute Gasteiger partial charge is 0.0619 e. The van der Waals surface area contributed by atoms with E-state index in [0.717, 1.165) is 22.7 Å².